The fourth-order valence-corrected chi connectivity index (χ4v) is 3.11. The zero-order valence-electron chi connectivity index (χ0n) is 11.2. The normalized spacial score (nSPS) is 20.0. The lowest BCUT2D eigenvalue weighted by atomic mass is 9.80. The van der Waals surface area contributed by atoms with E-state index >= 15 is 0 Å². The van der Waals surface area contributed by atoms with Crippen molar-refractivity contribution in [2.24, 2.45) is 18.8 Å². The lowest BCUT2D eigenvalue weighted by molar-refractivity contribution is 0.313. The van der Waals surface area contributed by atoms with Crippen molar-refractivity contribution in [3.8, 4) is 0 Å². The summed E-state index contributed by atoms with van der Waals surface area (Å²) in [7, 11) is 2.02. The van der Waals surface area contributed by atoms with Gasteiger partial charge in [0.05, 0.1) is 6.04 Å². The van der Waals surface area contributed by atoms with Crippen LogP contribution in [0.1, 0.15) is 29.4 Å². The summed E-state index contributed by atoms with van der Waals surface area (Å²) in [6.45, 7) is 0. The van der Waals surface area contributed by atoms with E-state index in [-0.39, 0.29) is 6.04 Å². The Balaban J connectivity index is 1.85. The first-order chi connectivity index (χ1) is 9.29. The quantitative estimate of drug-likeness (QED) is 0.649. The first kappa shape index (κ1) is 12.4. The summed E-state index contributed by atoms with van der Waals surface area (Å²) in [5, 5.41) is 0. The summed E-state index contributed by atoms with van der Waals surface area (Å²) in [4.78, 5) is 4.44. The fraction of sp³-hybridized carbons (Fsp3) is 0.400. The highest BCUT2D eigenvalue weighted by Crippen LogP contribution is 2.33. The summed E-state index contributed by atoms with van der Waals surface area (Å²) in [6.07, 6.45) is 7.15. The third kappa shape index (κ3) is 2.29. The molecule has 2 unspecified atom stereocenters. The number of aryl methyl sites for hydroxylation is 2. The lowest BCUT2D eigenvalue weighted by Gasteiger charge is -2.30. The van der Waals surface area contributed by atoms with Crippen LogP contribution < -0.4 is 11.3 Å². The summed E-state index contributed by atoms with van der Waals surface area (Å²) in [5.41, 5.74) is 5.90. The number of hydrogen-bond donors (Lipinski definition) is 2. The molecule has 0 aliphatic heterocycles. The van der Waals surface area contributed by atoms with Gasteiger partial charge in [0.2, 0.25) is 0 Å². The van der Waals surface area contributed by atoms with Crippen LogP contribution in [0, 0.1) is 5.92 Å². The highest BCUT2D eigenvalue weighted by molar-refractivity contribution is 5.30. The number of imidazole rings is 1. The van der Waals surface area contributed by atoms with Gasteiger partial charge in [0.1, 0.15) is 5.82 Å². The van der Waals surface area contributed by atoms with Gasteiger partial charge in [-0.1, -0.05) is 24.3 Å². The maximum Gasteiger partial charge on any atom is 0.127 e. The van der Waals surface area contributed by atoms with Gasteiger partial charge in [-0.3, -0.25) is 5.84 Å². The Morgan fingerprint density at radius 2 is 2.16 bits per heavy atom. The van der Waals surface area contributed by atoms with Gasteiger partial charge < -0.3 is 4.57 Å². The number of hydrazine groups is 1. The molecule has 0 saturated carbocycles. The maximum absolute atomic E-state index is 5.78. The molecule has 1 heterocycles. The van der Waals surface area contributed by atoms with Crippen molar-refractivity contribution in [3.05, 3.63) is 53.6 Å². The molecule has 1 aliphatic rings. The molecule has 1 aromatic heterocycles. The van der Waals surface area contributed by atoms with E-state index in [4.69, 9.17) is 5.84 Å². The molecule has 0 radical (unpaired) electrons. The second kappa shape index (κ2) is 5.15. The molecular formula is C15H20N4. The van der Waals surface area contributed by atoms with Crippen LogP contribution >= 0.6 is 0 Å². The van der Waals surface area contributed by atoms with E-state index in [1.54, 1.807) is 0 Å². The second-order valence-corrected chi connectivity index (χ2v) is 5.31. The van der Waals surface area contributed by atoms with Crippen LogP contribution in [0.4, 0.5) is 0 Å². The van der Waals surface area contributed by atoms with Crippen molar-refractivity contribution < 1.29 is 0 Å². The molecule has 2 atom stereocenters. The van der Waals surface area contributed by atoms with Gasteiger partial charge in [-0.25, -0.2) is 10.4 Å². The molecule has 2 aromatic rings. The molecule has 4 nitrogen and oxygen atoms in total. The standard InChI is InChI=1S/C15H20N4/c1-19-9-8-17-15(19)14(18-16)13-7-6-11-4-2-3-5-12(11)10-13/h2-5,8-9,13-14,18H,6-7,10,16H2,1H3. The van der Waals surface area contributed by atoms with Gasteiger partial charge in [0.25, 0.3) is 0 Å². The fourth-order valence-electron chi connectivity index (χ4n) is 3.11. The summed E-state index contributed by atoms with van der Waals surface area (Å²) in [6, 6.07) is 8.82. The van der Waals surface area contributed by atoms with Crippen LogP contribution in [0.25, 0.3) is 0 Å². The first-order valence-corrected chi connectivity index (χ1v) is 6.79. The van der Waals surface area contributed by atoms with E-state index in [9.17, 15) is 0 Å². The van der Waals surface area contributed by atoms with Crippen LogP contribution in [0.3, 0.4) is 0 Å². The zero-order valence-corrected chi connectivity index (χ0v) is 11.2. The van der Waals surface area contributed by atoms with Crippen LogP contribution in [0.5, 0.6) is 0 Å². The van der Waals surface area contributed by atoms with Crippen molar-refractivity contribution in [1.29, 1.82) is 0 Å². The molecule has 3 N–H and O–H groups in total. The Labute approximate surface area is 113 Å². The zero-order chi connectivity index (χ0) is 13.2. The number of fused-ring (bicyclic) bond motifs is 1. The predicted molar refractivity (Wildman–Crippen MR) is 75.2 cm³/mol. The average molecular weight is 256 g/mol. The van der Waals surface area contributed by atoms with E-state index in [1.165, 1.54) is 11.1 Å². The summed E-state index contributed by atoms with van der Waals surface area (Å²) in [5.74, 6) is 7.30. The average Bonchev–Trinajstić information content (AvgIpc) is 2.86. The van der Waals surface area contributed by atoms with Crippen molar-refractivity contribution in [1.82, 2.24) is 15.0 Å². The van der Waals surface area contributed by atoms with Gasteiger partial charge in [0, 0.05) is 19.4 Å². The van der Waals surface area contributed by atoms with E-state index < -0.39 is 0 Å². The van der Waals surface area contributed by atoms with Gasteiger partial charge in [-0.05, 0) is 36.3 Å². The first-order valence-electron chi connectivity index (χ1n) is 6.79. The minimum absolute atomic E-state index is 0.119. The van der Waals surface area contributed by atoms with Crippen molar-refractivity contribution in [2.45, 2.75) is 25.3 Å². The molecular weight excluding hydrogens is 236 g/mol. The molecule has 1 aromatic carbocycles. The summed E-state index contributed by atoms with van der Waals surface area (Å²) < 4.78 is 2.05. The van der Waals surface area contributed by atoms with E-state index in [0.29, 0.717) is 5.92 Å². The smallest absolute Gasteiger partial charge is 0.127 e. The number of nitrogens with two attached hydrogens (primary N) is 1. The maximum atomic E-state index is 5.78. The number of aromatic nitrogens is 2. The van der Waals surface area contributed by atoms with Crippen molar-refractivity contribution in [2.75, 3.05) is 0 Å². The molecule has 0 saturated heterocycles. The highest BCUT2D eigenvalue weighted by Gasteiger charge is 2.28. The molecule has 0 bridgehead atoms. The number of benzene rings is 1. The van der Waals surface area contributed by atoms with Crippen molar-refractivity contribution in [3.63, 3.8) is 0 Å². The molecule has 19 heavy (non-hydrogen) atoms. The second-order valence-electron chi connectivity index (χ2n) is 5.31. The minimum Gasteiger partial charge on any atom is -0.337 e. The Kier molecular flexibility index (Phi) is 3.36. The van der Waals surface area contributed by atoms with E-state index in [0.717, 1.165) is 25.1 Å². The highest BCUT2D eigenvalue weighted by atomic mass is 15.3. The van der Waals surface area contributed by atoms with Crippen LogP contribution in [-0.2, 0) is 19.9 Å². The van der Waals surface area contributed by atoms with E-state index in [2.05, 4.69) is 34.7 Å². The lowest BCUT2D eigenvalue weighted by Crippen LogP contribution is -2.37. The molecule has 0 fully saturated rings. The van der Waals surface area contributed by atoms with Crippen LogP contribution in [0.2, 0.25) is 0 Å². The number of nitrogens with zero attached hydrogens (tertiary/aromatic N) is 2. The largest absolute Gasteiger partial charge is 0.337 e. The monoisotopic (exact) mass is 256 g/mol. The van der Waals surface area contributed by atoms with Crippen LogP contribution in [0.15, 0.2) is 36.7 Å². The Morgan fingerprint density at radius 1 is 1.37 bits per heavy atom. The minimum atomic E-state index is 0.119. The van der Waals surface area contributed by atoms with Gasteiger partial charge in [-0.15, -0.1) is 0 Å². The topological polar surface area (TPSA) is 55.9 Å². The molecule has 4 heteroatoms. The third-order valence-electron chi connectivity index (χ3n) is 4.17. The van der Waals surface area contributed by atoms with Crippen LogP contribution in [-0.4, -0.2) is 9.55 Å². The SMILES string of the molecule is Cn1ccnc1C(NN)C1CCc2ccccc2C1. The van der Waals surface area contributed by atoms with Gasteiger partial charge in [-0.2, -0.15) is 0 Å². The Hall–Kier alpha value is -1.65. The Bertz CT molecular complexity index is 561. The number of nitrogens with one attached hydrogen (secondary N) is 1. The Morgan fingerprint density at radius 3 is 2.84 bits per heavy atom. The summed E-state index contributed by atoms with van der Waals surface area (Å²) >= 11 is 0. The molecule has 100 valence electrons. The molecule has 1 aliphatic carbocycles. The molecule has 0 amide bonds. The van der Waals surface area contributed by atoms with Gasteiger partial charge >= 0.3 is 0 Å². The predicted octanol–water partition coefficient (Wildman–Crippen LogP) is 1.73. The third-order valence-corrected chi connectivity index (χ3v) is 4.17. The molecule has 0 spiro atoms. The number of hydrogen-bond acceptors (Lipinski definition) is 3. The van der Waals surface area contributed by atoms with E-state index in [1.807, 2.05) is 24.0 Å². The van der Waals surface area contributed by atoms with Gasteiger partial charge in [0.15, 0.2) is 0 Å². The number of rotatable bonds is 3. The van der Waals surface area contributed by atoms with Crippen molar-refractivity contribution >= 4 is 0 Å². The molecule has 3 rings (SSSR count).